The van der Waals surface area contributed by atoms with Gasteiger partial charge in [-0.3, -0.25) is 0 Å². The number of benzene rings is 1. The van der Waals surface area contributed by atoms with Crippen molar-refractivity contribution in [3.8, 4) is 17.1 Å². The lowest BCUT2D eigenvalue weighted by Gasteiger charge is -2.21. The summed E-state index contributed by atoms with van der Waals surface area (Å²) in [6, 6.07) is 3.96. The van der Waals surface area contributed by atoms with Crippen LogP contribution in [-0.2, 0) is 4.43 Å². The van der Waals surface area contributed by atoms with Crippen LogP contribution in [0.3, 0.4) is 0 Å². The van der Waals surface area contributed by atoms with Crippen LogP contribution in [-0.4, -0.2) is 33.6 Å². The van der Waals surface area contributed by atoms with E-state index in [4.69, 9.17) is 9.53 Å². The number of aromatic nitrogens is 4. The minimum Gasteiger partial charge on any atom is -0.505 e. The summed E-state index contributed by atoms with van der Waals surface area (Å²) in [7, 11) is -1.71. The van der Waals surface area contributed by atoms with E-state index in [1.54, 1.807) is 0 Å². The lowest BCUT2D eigenvalue weighted by atomic mass is 10.2. The number of phenolic OH excluding ortho intramolecular Hbond substituents is 1. The molecule has 6 nitrogen and oxygen atoms in total. The first-order valence-electron chi connectivity index (χ1n) is 6.22. The van der Waals surface area contributed by atoms with E-state index in [2.05, 4.69) is 35.1 Å². The van der Waals surface area contributed by atoms with E-state index in [-0.39, 0.29) is 12.1 Å². The number of hydrogen-bond acceptors (Lipinski definition) is 5. The van der Waals surface area contributed by atoms with E-state index in [0.717, 1.165) is 0 Å². The first-order valence-corrected chi connectivity index (χ1v) is 9.63. The third-order valence-corrected chi connectivity index (χ3v) is 3.53. The fourth-order valence-electron chi connectivity index (χ4n) is 1.70. The average molecular weight is 296 g/mol. The van der Waals surface area contributed by atoms with Gasteiger partial charge in [0.15, 0.2) is 26.1 Å². The largest absolute Gasteiger partial charge is 0.505 e. The molecule has 1 atom stereocenters. The molecule has 0 saturated carbocycles. The van der Waals surface area contributed by atoms with Crippen molar-refractivity contribution in [2.75, 3.05) is 0 Å². The van der Waals surface area contributed by atoms with Crippen molar-refractivity contribution in [1.29, 1.82) is 0 Å². The van der Waals surface area contributed by atoms with Crippen molar-refractivity contribution < 1.29 is 13.9 Å². The monoisotopic (exact) mass is 296 g/mol. The van der Waals surface area contributed by atoms with E-state index in [0.29, 0.717) is 5.56 Å². The Kier molecular flexibility index (Phi) is 3.86. The van der Waals surface area contributed by atoms with E-state index < -0.39 is 19.9 Å². The molecule has 0 fully saturated rings. The topological polar surface area (TPSA) is 73.1 Å². The Labute approximate surface area is 117 Å². The van der Waals surface area contributed by atoms with Crippen molar-refractivity contribution in [3.05, 3.63) is 24.0 Å². The van der Waals surface area contributed by atoms with Crippen LogP contribution in [0.2, 0.25) is 19.6 Å². The quantitative estimate of drug-likeness (QED) is 0.878. The van der Waals surface area contributed by atoms with E-state index in [1.807, 2.05) is 6.92 Å². The third kappa shape index (κ3) is 3.39. The number of nitrogens with zero attached hydrogens (tertiary/aromatic N) is 4. The van der Waals surface area contributed by atoms with Crippen molar-refractivity contribution in [2.24, 2.45) is 0 Å². The molecule has 0 radical (unpaired) electrons. The van der Waals surface area contributed by atoms with E-state index in [9.17, 15) is 4.39 Å². The number of halogens is 1. The standard InChI is InChI=1S/C12H17FN4O2Si/c1-8(19-20(2,3)4)17-15-12(14-16-17)9-5-6-11(18)10(13)7-9/h5-8,18H,1-4H3. The highest BCUT2D eigenvalue weighted by Gasteiger charge is 2.21. The lowest BCUT2D eigenvalue weighted by molar-refractivity contribution is 0.112. The van der Waals surface area contributed by atoms with Gasteiger partial charge in [0.05, 0.1) is 0 Å². The Bertz CT molecular complexity index is 612. The molecule has 0 amide bonds. The second-order valence-corrected chi connectivity index (χ2v) is 9.89. The molecule has 2 aromatic rings. The fourth-order valence-corrected chi connectivity index (χ4v) is 2.82. The molecular formula is C12H17FN4O2Si. The summed E-state index contributed by atoms with van der Waals surface area (Å²) in [5.41, 5.74) is 0.451. The minimum absolute atomic E-state index is 0.287. The van der Waals surface area contributed by atoms with Crippen LogP contribution in [0, 0.1) is 5.82 Å². The van der Waals surface area contributed by atoms with Crippen LogP contribution < -0.4 is 0 Å². The first-order chi connectivity index (χ1) is 9.26. The number of tetrazole rings is 1. The zero-order chi connectivity index (χ0) is 14.9. The second kappa shape index (κ2) is 5.29. The van der Waals surface area contributed by atoms with Gasteiger partial charge in [0.25, 0.3) is 0 Å². The van der Waals surface area contributed by atoms with Crippen LogP contribution in [0.5, 0.6) is 5.75 Å². The van der Waals surface area contributed by atoms with Gasteiger partial charge < -0.3 is 9.53 Å². The molecule has 1 N–H and O–H groups in total. The Balaban J connectivity index is 2.22. The lowest BCUT2D eigenvalue weighted by Crippen LogP contribution is -2.30. The Morgan fingerprint density at radius 1 is 1.35 bits per heavy atom. The fraction of sp³-hybridized carbons (Fsp3) is 0.417. The van der Waals surface area contributed by atoms with Gasteiger partial charge >= 0.3 is 0 Å². The van der Waals surface area contributed by atoms with Crippen molar-refractivity contribution >= 4 is 8.32 Å². The van der Waals surface area contributed by atoms with Gasteiger partial charge in [-0.15, -0.1) is 15.0 Å². The third-order valence-electron chi connectivity index (χ3n) is 2.48. The molecule has 1 aromatic carbocycles. The summed E-state index contributed by atoms with van der Waals surface area (Å²) in [5, 5.41) is 21.1. The molecule has 1 aromatic heterocycles. The summed E-state index contributed by atoms with van der Waals surface area (Å²) in [4.78, 5) is 1.36. The summed E-state index contributed by atoms with van der Waals surface area (Å²) >= 11 is 0. The molecule has 0 aliphatic carbocycles. The zero-order valence-corrected chi connectivity index (χ0v) is 12.8. The molecular weight excluding hydrogens is 279 g/mol. The summed E-state index contributed by atoms with van der Waals surface area (Å²) in [6.07, 6.45) is -0.329. The molecule has 1 heterocycles. The van der Waals surface area contributed by atoms with Gasteiger partial charge in [0, 0.05) is 5.56 Å². The smallest absolute Gasteiger partial charge is 0.205 e. The molecule has 8 heteroatoms. The van der Waals surface area contributed by atoms with Crippen LogP contribution in [0.25, 0.3) is 11.4 Å². The Hall–Kier alpha value is -1.80. The molecule has 0 aliphatic heterocycles. The minimum atomic E-state index is -1.71. The molecule has 20 heavy (non-hydrogen) atoms. The number of hydrogen-bond donors (Lipinski definition) is 1. The van der Waals surface area contributed by atoms with E-state index >= 15 is 0 Å². The van der Waals surface area contributed by atoms with Gasteiger partial charge in [-0.1, -0.05) is 0 Å². The van der Waals surface area contributed by atoms with Crippen LogP contribution in [0.1, 0.15) is 13.2 Å². The summed E-state index contributed by atoms with van der Waals surface area (Å²) in [6.45, 7) is 8.03. The summed E-state index contributed by atoms with van der Waals surface area (Å²) in [5.74, 6) is -0.836. The molecule has 2 rings (SSSR count). The highest BCUT2D eigenvalue weighted by molar-refractivity contribution is 6.69. The van der Waals surface area contributed by atoms with Gasteiger partial charge in [-0.25, -0.2) is 4.39 Å². The molecule has 1 unspecified atom stereocenters. The molecule has 0 saturated heterocycles. The molecule has 0 spiro atoms. The van der Waals surface area contributed by atoms with Crippen LogP contribution >= 0.6 is 0 Å². The SMILES string of the molecule is CC(O[Si](C)(C)C)n1nnc(-c2ccc(O)c(F)c2)n1. The molecule has 0 aliphatic rings. The molecule has 0 bridgehead atoms. The van der Waals surface area contributed by atoms with E-state index in [1.165, 1.54) is 23.0 Å². The van der Waals surface area contributed by atoms with Gasteiger partial charge in [0.2, 0.25) is 5.82 Å². The normalized spacial score (nSPS) is 13.4. The number of aromatic hydroxyl groups is 1. The first kappa shape index (κ1) is 14.6. The van der Waals surface area contributed by atoms with Crippen LogP contribution in [0.4, 0.5) is 4.39 Å². The second-order valence-electron chi connectivity index (χ2n) is 5.43. The maximum Gasteiger partial charge on any atom is 0.205 e. The van der Waals surface area contributed by atoms with Crippen molar-refractivity contribution in [1.82, 2.24) is 20.2 Å². The predicted molar refractivity (Wildman–Crippen MR) is 74.0 cm³/mol. The summed E-state index contributed by atoms with van der Waals surface area (Å²) < 4.78 is 19.1. The number of phenols is 1. The molecule has 108 valence electrons. The average Bonchev–Trinajstić information content (AvgIpc) is 2.80. The highest BCUT2D eigenvalue weighted by atomic mass is 28.4. The zero-order valence-electron chi connectivity index (χ0n) is 11.8. The number of rotatable bonds is 4. The Morgan fingerprint density at radius 3 is 2.65 bits per heavy atom. The van der Waals surface area contributed by atoms with Crippen molar-refractivity contribution in [2.45, 2.75) is 32.8 Å². The van der Waals surface area contributed by atoms with Crippen LogP contribution in [0.15, 0.2) is 18.2 Å². The predicted octanol–water partition coefficient (Wildman–Crippen LogP) is 2.55. The van der Waals surface area contributed by atoms with Gasteiger partial charge in [-0.05, 0) is 50.0 Å². The maximum atomic E-state index is 13.3. The van der Waals surface area contributed by atoms with Gasteiger partial charge in [-0.2, -0.15) is 0 Å². The maximum absolute atomic E-state index is 13.3. The Morgan fingerprint density at radius 2 is 2.05 bits per heavy atom. The highest BCUT2D eigenvalue weighted by Crippen LogP contribution is 2.22. The van der Waals surface area contributed by atoms with Crippen molar-refractivity contribution in [3.63, 3.8) is 0 Å². The van der Waals surface area contributed by atoms with Gasteiger partial charge in [0.1, 0.15) is 0 Å².